The van der Waals surface area contributed by atoms with Crippen LogP contribution in [0.3, 0.4) is 0 Å². The molecular formula is C15H19F4NO. The molecule has 0 aromatic heterocycles. The van der Waals surface area contributed by atoms with Gasteiger partial charge in [0.2, 0.25) is 0 Å². The van der Waals surface area contributed by atoms with E-state index in [1.165, 1.54) is 12.1 Å². The van der Waals surface area contributed by atoms with Crippen molar-refractivity contribution < 1.29 is 22.7 Å². The summed E-state index contributed by atoms with van der Waals surface area (Å²) in [4.78, 5) is 0. The Morgan fingerprint density at radius 2 is 2.00 bits per heavy atom. The predicted molar refractivity (Wildman–Crippen MR) is 71.4 cm³/mol. The van der Waals surface area contributed by atoms with Gasteiger partial charge in [0.15, 0.2) is 0 Å². The summed E-state index contributed by atoms with van der Waals surface area (Å²) in [5, 5.41) is 12.3. The SMILES string of the molecule is CC(NC1CCCC(C(F)(F)F)C1)c1ccc(O)cc1F. The average Bonchev–Trinajstić information content (AvgIpc) is 2.37. The molecule has 0 heterocycles. The van der Waals surface area contributed by atoms with Crippen LogP contribution >= 0.6 is 0 Å². The summed E-state index contributed by atoms with van der Waals surface area (Å²) >= 11 is 0. The van der Waals surface area contributed by atoms with Gasteiger partial charge in [0, 0.05) is 23.7 Å². The number of hydrogen-bond acceptors (Lipinski definition) is 2. The van der Waals surface area contributed by atoms with E-state index in [9.17, 15) is 22.7 Å². The van der Waals surface area contributed by atoms with Crippen LogP contribution in [-0.4, -0.2) is 17.3 Å². The van der Waals surface area contributed by atoms with Crippen LogP contribution in [0.2, 0.25) is 0 Å². The fraction of sp³-hybridized carbons (Fsp3) is 0.600. The van der Waals surface area contributed by atoms with Gasteiger partial charge in [-0.2, -0.15) is 13.2 Å². The van der Waals surface area contributed by atoms with Crippen LogP contribution in [0.5, 0.6) is 5.75 Å². The van der Waals surface area contributed by atoms with Crippen LogP contribution in [0.25, 0.3) is 0 Å². The van der Waals surface area contributed by atoms with Crippen LogP contribution in [0.15, 0.2) is 18.2 Å². The van der Waals surface area contributed by atoms with Crippen molar-refractivity contribution in [1.82, 2.24) is 5.32 Å². The molecule has 6 heteroatoms. The second-order valence-electron chi connectivity index (χ2n) is 5.70. The molecule has 1 fully saturated rings. The quantitative estimate of drug-likeness (QED) is 0.816. The average molecular weight is 305 g/mol. The minimum atomic E-state index is -4.16. The second kappa shape index (κ2) is 6.22. The summed E-state index contributed by atoms with van der Waals surface area (Å²) in [5.41, 5.74) is 0.349. The summed E-state index contributed by atoms with van der Waals surface area (Å²) in [7, 11) is 0. The van der Waals surface area contributed by atoms with Crippen molar-refractivity contribution >= 4 is 0 Å². The monoisotopic (exact) mass is 305 g/mol. The highest BCUT2D eigenvalue weighted by Gasteiger charge is 2.42. The fourth-order valence-corrected chi connectivity index (χ4v) is 2.95. The fourth-order valence-electron chi connectivity index (χ4n) is 2.95. The third kappa shape index (κ3) is 4.09. The molecule has 3 unspecified atom stereocenters. The molecular weight excluding hydrogens is 286 g/mol. The van der Waals surface area contributed by atoms with Crippen molar-refractivity contribution in [2.75, 3.05) is 0 Å². The summed E-state index contributed by atoms with van der Waals surface area (Å²) in [5.74, 6) is -2.00. The van der Waals surface area contributed by atoms with E-state index in [2.05, 4.69) is 5.32 Å². The van der Waals surface area contributed by atoms with Gasteiger partial charge < -0.3 is 10.4 Å². The van der Waals surface area contributed by atoms with E-state index in [0.717, 1.165) is 6.07 Å². The standard InChI is InChI=1S/C15H19F4NO/c1-9(13-6-5-12(21)8-14(13)16)20-11-4-2-3-10(7-11)15(17,18)19/h5-6,8-11,20-21H,2-4,7H2,1H3. The lowest BCUT2D eigenvalue weighted by molar-refractivity contribution is -0.183. The van der Waals surface area contributed by atoms with Gasteiger partial charge in [0.05, 0.1) is 5.92 Å². The predicted octanol–water partition coefficient (Wildman–Crippen LogP) is 4.30. The number of aromatic hydroxyl groups is 1. The Bertz CT molecular complexity index is 489. The smallest absolute Gasteiger partial charge is 0.391 e. The van der Waals surface area contributed by atoms with E-state index < -0.39 is 24.0 Å². The zero-order valence-electron chi connectivity index (χ0n) is 11.8. The van der Waals surface area contributed by atoms with Gasteiger partial charge in [-0.15, -0.1) is 0 Å². The van der Waals surface area contributed by atoms with Crippen molar-refractivity contribution in [3.05, 3.63) is 29.6 Å². The highest BCUT2D eigenvalue weighted by atomic mass is 19.4. The number of phenolic OH excluding ortho intramolecular Hbond substituents is 1. The molecule has 1 aliphatic carbocycles. The lowest BCUT2D eigenvalue weighted by atomic mass is 9.84. The lowest BCUT2D eigenvalue weighted by Gasteiger charge is -2.33. The number of halogens is 4. The van der Waals surface area contributed by atoms with Crippen molar-refractivity contribution in [2.24, 2.45) is 5.92 Å². The summed E-state index contributed by atoms with van der Waals surface area (Å²) < 4.78 is 52.0. The van der Waals surface area contributed by atoms with E-state index in [-0.39, 0.29) is 24.6 Å². The van der Waals surface area contributed by atoms with E-state index in [1.54, 1.807) is 6.92 Å². The minimum absolute atomic E-state index is 0.0353. The molecule has 1 aliphatic rings. The highest BCUT2D eigenvalue weighted by molar-refractivity contribution is 5.29. The van der Waals surface area contributed by atoms with Gasteiger partial charge in [-0.25, -0.2) is 4.39 Å². The zero-order valence-corrected chi connectivity index (χ0v) is 11.8. The van der Waals surface area contributed by atoms with Gasteiger partial charge in [-0.05, 0) is 32.3 Å². The third-order valence-corrected chi connectivity index (χ3v) is 4.07. The maximum Gasteiger partial charge on any atom is 0.391 e. The van der Waals surface area contributed by atoms with Gasteiger partial charge in [0.1, 0.15) is 11.6 Å². The molecule has 0 radical (unpaired) electrons. The number of alkyl halides is 3. The molecule has 0 saturated heterocycles. The molecule has 1 aromatic carbocycles. The maximum absolute atomic E-state index is 13.7. The Kier molecular flexibility index (Phi) is 4.76. The van der Waals surface area contributed by atoms with Crippen molar-refractivity contribution in [3.63, 3.8) is 0 Å². The van der Waals surface area contributed by atoms with Crippen molar-refractivity contribution in [3.8, 4) is 5.75 Å². The van der Waals surface area contributed by atoms with E-state index >= 15 is 0 Å². The lowest BCUT2D eigenvalue weighted by Crippen LogP contribution is -2.40. The molecule has 2 nitrogen and oxygen atoms in total. The first-order valence-electron chi connectivity index (χ1n) is 7.08. The number of nitrogens with one attached hydrogen (secondary N) is 1. The van der Waals surface area contributed by atoms with Gasteiger partial charge in [-0.1, -0.05) is 12.5 Å². The van der Waals surface area contributed by atoms with Crippen LogP contribution < -0.4 is 5.32 Å². The molecule has 3 atom stereocenters. The number of benzene rings is 1. The molecule has 0 amide bonds. The molecule has 0 bridgehead atoms. The second-order valence-corrected chi connectivity index (χ2v) is 5.70. The Morgan fingerprint density at radius 1 is 1.29 bits per heavy atom. The van der Waals surface area contributed by atoms with Crippen LogP contribution in [0.4, 0.5) is 17.6 Å². The van der Waals surface area contributed by atoms with E-state index in [1.807, 2.05) is 0 Å². The molecule has 0 aliphatic heterocycles. The van der Waals surface area contributed by atoms with Crippen LogP contribution in [-0.2, 0) is 0 Å². The van der Waals surface area contributed by atoms with E-state index in [0.29, 0.717) is 18.4 Å². The topological polar surface area (TPSA) is 32.3 Å². The van der Waals surface area contributed by atoms with Gasteiger partial charge in [-0.3, -0.25) is 0 Å². The maximum atomic E-state index is 13.7. The van der Waals surface area contributed by atoms with Gasteiger partial charge in [0.25, 0.3) is 0 Å². The molecule has 1 aromatic rings. The summed E-state index contributed by atoms with van der Waals surface area (Å²) in [6, 6.07) is 3.16. The molecule has 118 valence electrons. The summed E-state index contributed by atoms with van der Waals surface area (Å²) in [6.45, 7) is 1.71. The molecule has 0 spiro atoms. The molecule has 2 rings (SSSR count). The number of rotatable bonds is 3. The van der Waals surface area contributed by atoms with Gasteiger partial charge >= 0.3 is 6.18 Å². The first-order chi connectivity index (χ1) is 9.77. The third-order valence-electron chi connectivity index (χ3n) is 4.07. The summed E-state index contributed by atoms with van der Waals surface area (Å²) in [6.07, 6.45) is -2.77. The Balaban J connectivity index is 2.00. The Labute approximate surface area is 121 Å². The van der Waals surface area contributed by atoms with E-state index in [4.69, 9.17) is 0 Å². The number of hydrogen-bond donors (Lipinski definition) is 2. The van der Waals surface area contributed by atoms with Crippen LogP contribution in [0.1, 0.15) is 44.2 Å². The number of phenols is 1. The van der Waals surface area contributed by atoms with Crippen molar-refractivity contribution in [1.29, 1.82) is 0 Å². The molecule has 21 heavy (non-hydrogen) atoms. The highest BCUT2D eigenvalue weighted by Crippen LogP contribution is 2.38. The molecule has 2 N–H and O–H groups in total. The molecule has 1 saturated carbocycles. The first-order valence-corrected chi connectivity index (χ1v) is 7.08. The van der Waals surface area contributed by atoms with Crippen LogP contribution in [0, 0.1) is 11.7 Å². The zero-order chi connectivity index (χ0) is 15.6. The first kappa shape index (κ1) is 16.1. The Morgan fingerprint density at radius 3 is 2.62 bits per heavy atom. The largest absolute Gasteiger partial charge is 0.508 e. The normalized spacial score (nSPS) is 24.8. The Hall–Kier alpha value is -1.30. The minimum Gasteiger partial charge on any atom is -0.508 e. The van der Waals surface area contributed by atoms with Crippen molar-refractivity contribution in [2.45, 2.75) is 50.9 Å².